The van der Waals surface area contributed by atoms with Crippen LogP contribution >= 0.6 is 0 Å². The van der Waals surface area contributed by atoms with Gasteiger partial charge in [-0.1, -0.05) is 37.3 Å². The first-order valence-corrected chi connectivity index (χ1v) is 6.65. The van der Waals surface area contributed by atoms with Crippen LogP contribution in [-0.4, -0.2) is 40.2 Å². The molecule has 3 unspecified atom stereocenters. The van der Waals surface area contributed by atoms with Crippen LogP contribution in [0.3, 0.4) is 0 Å². The van der Waals surface area contributed by atoms with E-state index in [-0.39, 0.29) is 10.8 Å². The molecule has 0 radical (unpaired) electrons. The van der Waals surface area contributed by atoms with Crippen molar-refractivity contribution in [3.05, 3.63) is 46.0 Å². The first-order chi connectivity index (χ1) is 9.08. The number of hydrogen-bond acceptors (Lipinski definition) is 4. The van der Waals surface area contributed by atoms with E-state index in [0.717, 1.165) is 19.5 Å². The van der Waals surface area contributed by atoms with Crippen LogP contribution in [-0.2, 0) is 6.54 Å². The van der Waals surface area contributed by atoms with Gasteiger partial charge in [-0.3, -0.25) is 15.0 Å². The zero-order chi connectivity index (χ0) is 13.8. The summed E-state index contributed by atoms with van der Waals surface area (Å²) in [5.74, 6) is -0.0919. The Labute approximate surface area is 113 Å². The summed E-state index contributed by atoms with van der Waals surface area (Å²) in [7, 11) is 0. The van der Waals surface area contributed by atoms with Gasteiger partial charge in [0, 0.05) is 23.9 Å². The van der Waals surface area contributed by atoms with E-state index in [4.69, 9.17) is 0 Å². The molecule has 1 saturated heterocycles. The lowest BCUT2D eigenvalue weighted by Gasteiger charge is -2.22. The van der Waals surface area contributed by atoms with Gasteiger partial charge in [-0.05, 0) is 18.5 Å². The van der Waals surface area contributed by atoms with E-state index in [9.17, 15) is 15.2 Å². The Balaban J connectivity index is 2.03. The topological polar surface area (TPSA) is 66.6 Å². The molecule has 5 heteroatoms. The Morgan fingerprint density at radius 3 is 2.74 bits per heavy atom. The maximum Gasteiger partial charge on any atom is 0.242 e. The Hall–Kier alpha value is -1.46. The van der Waals surface area contributed by atoms with Crippen molar-refractivity contribution >= 4 is 0 Å². The number of hydrogen-bond donors (Lipinski definition) is 1. The number of nitrogens with zero attached hydrogens (tertiary/aromatic N) is 2. The summed E-state index contributed by atoms with van der Waals surface area (Å²) in [5, 5.41) is 21.1. The van der Waals surface area contributed by atoms with Gasteiger partial charge < -0.3 is 5.11 Å². The highest BCUT2D eigenvalue weighted by atomic mass is 16.6. The third kappa shape index (κ3) is 3.52. The minimum Gasteiger partial charge on any atom is -0.385 e. The molecule has 1 heterocycles. The first kappa shape index (κ1) is 14.0. The molecule has 0 spiro atoms. The molecule has 0 amide bonds. The van der Waals surface area contributed by atoms with Crippen LogP contribution in [0.4, 0.5) is 0 Å². The summed E-state index contributed by atoms with van der Waals surface area (Å²) in [5.41, 5.74) is 1.17. The Bertz CT molecular complexity index is 424. The number of aliphatic hydroxyl groups excluding tert-OH is 1. The molecule has 1 aliphatic heterocycles. The first-order valence-electron chi connectivity index (χ1n) is 6.65. The summed E-state index contributed by atoms with van der Waals surface area (Å²) in [4.78, 5) is 12.8. The lowest BCUT2D eigenvalue weighted by Crippen LogP contribution is -2.42. The van der Waals surface area contributed by atoms with Gasteiger partial charge in [0.25, 0.3) is 0 Å². The highest BCUT2D eigenvalue weighted by Crippen LogP contribution is 2.21. The number of aliphatic hydroxyl groups is 1. The molecule has 0 aromatic heterocycles. The van der Waals surface area contributed by atoms with E-state index in [1.807, 2.05) is 37.3 Å². The second-order valence-electron chi connectivity index (χ2n) is 5.33. The van der Waals surface area contributed by atoms with Crippen molar-refractivity contribution in [2.45, 2.75) is 32.0 Å². The lowest BCUT2D eigenvalue weighted by molar-refractivity contribution is -0.542. The summed E-state index contributed by atoms with van der Waals surface area (Å²) < 4.78 is 0. The number of benzene rings is 1. The molecule has 19 heavy (non-hydrogen) atoms. The van der Waals surface area contributed by atoms with Crippen molar-refractivity contribution < 1.29 is 10.0 Å². The van der Waals surface area contributed by atoms with Gasteiger partial charge in [-0.2, -0.15) is 0 Å². The smallest absolute Gasteiger partial charge is 0.242 e. The molecular formula is C14H20N2O3. The number of rotatable bonds is 3. The maximum absolute atomic E-state index is 11.0. The van der Waals surface area contributed by atoms with E-state index in [1.54, 1.807) is 0 Å². The average molecular weight is 264 g/mol. The molecule has 3 atom stereocenters. The van der Waals surface area contributed by atoms with E-state index in [1.165, 1.54) is 5.56 Å². The second-order valence-corrected chi connectivity index (χ2v) is 5.33. The molecule has 0 bridgehead atoms. The van der Waals surface area contributed by atoms with Crippen molar-refractivity contribution in [1.82, 2.24) is 4.90 Å². The Morgan fingerprint density at radius 2 is 2.11 bits per heavy atom. The molecule has 5 nitrogen and oxygen atoms in total. The van der Waals surface area contributed by atoms with Gasteiger partial charge in [0.1, 0.15) is 6.10 Å². The fourth-order valence-corrected chi connectivity index (χ4v) is 2.73. The average Bonchev–Trinajstić information content (AvgIpc) is 2.49. The normalized spacial score (nSPS) is 28.8. The van der Waals surface area contributed by atoms with E-state index in [2.05, 4.69) is 4.90 Å². The molecule has 0 saturated carbocycles. The molecule has 2 rings (SSSR count). The largest absolute Gasteiger partial charge is 0.385 e. The predicted octanol–water partition coefficient (Wildman–Crippen LogP) is 1.53. The SMILES string of the molecule is CC1CCN(Cc2ccccc2)CC(O)C1[N+](=O)[O-]. The van der Waals surface area contributed by atoms with Crippen LogP contribution in [0.15, 0.2) is 30.3 Å². The van der Waals surface area contributed by atoms with Gasteiger partial charge >= 0.3 is 0 Å². The van der Waals surface area contributed by atoms with Gasteiger partial charge in [-0.15, -0.1) is 0 Å². The molecule has 104 valence electrons. The highest BCUT2D eigenvalue weighted by Gasteiger charge is 2.38. The van der Waals surface area contributed by atoms with Crippen LogP contribution < -0.4 is 0 Å². The van der Waals surface area contributed by atoms with Crippen molar-refractivity contribution in [3.8, 4) is 0 Å². The maximum atomic E-state index is 11.0. The lowest BCUT2D eigenvalue weighted by atomic mass is 9.96. The highest BCUT2D eigenvalue weighted by molar-refractivity contribution is 5.14. The van der Waals surface area contributed by atoms with Crippen LogP contribution in [0.5, 0.6) is 0 Å². The summed E-state index contributed by atoms with van der Waals surface area (Å²) in [6.07, 6.45) is -0.147. The quantitative estimate of drug-likeness (QED) is 0.664. The second kappa shape index (κ2) is 6.12. The van der Waals surface area contributed by atoms with E-state index < -0.39 is 12.1 Å². The van der Waals surface area contributed by atoms with Crippen LogP contribution in [0.25, 0.3) is 0 Å². The fourth-order valence-electron chi connectivity index (χ4n) is 2.73. The predicted molar refractivity (Wildman–Crippen MR) is 72.3 cm³/mol. The molecule has 1 fully saturated rings. The third-order valence-corrected chi connectivity index (χ3v) is 3.82. The minimum absolute atomic E-state index is 0.0919. The summed E-state index contributed by atoms with van der Waals surface area (Å²) in [6.45, 7) is 3.74. The van der Waals surface area contributed by atoms with Crippen LogP contribution in [0.1, 0.15) is 18.9 Å². The number of nitro groups is 1. The van der Waals surface area contributed by atoms with Crippen molar-refractivity contribution in [2.75, 3.05) is 13.1 Å². The van der Waals surface area contributed by atoms with Crippen LogP contribution in [0.2, 0.25) is 0 Å². The van der Waals surface area contributed by atoms with Gasteiger partial charge in [0.05, 0.1) is 0 Å². The number of β-amino-alcohol motifs (C(OH)–C–C–N with tert-alkyl or cyclic N) is 1. The summed E-state index contributed by atoms with van der Waals surface area (Å²) in [6, 6.07) is 9.14. The van der Waals surface area contributed by atoms with Gasteiger partial charge in [-0.25, -0.2) is 0 Å². The molecular weight excluding hydrogens is 244 g/mol. The van der Waals surface area contributed by atoms with Gasteiger partial charge in [0.15, 0.2) is 0 Å². The van der Waals surface area contributed by atoms with Crippen LogP contribution in [0, 0.1) is 16.0 Å². The summed E-state index contributed by atoms with van der Waals surface area (Å²) >= 11 is 0. The van der Waals surface area contributed by atoms with Crippen molar-refractivity contribution in [1.29, 1.82) is 0 Å². The standard InChI is InChI=1S/C14H20N2O3/c1-11-7-8-15(9-12-5-3-2-4-6-12)10-13(17)14(11)16(18)19/h2-6,11,13-14,17H,7-10H2,1H3. The molecule has 0 aliphatic carbocycles. The zero-order valence-electron chi connectivity index (χ0n) is 11.1. The Kier molecular flexibility index (Phi) is 4.50. The molecule has 1 aromatic carbocycles. The number of likely N-dealkylation sites (tertiary alicyclic amines) is 1. The zero-order valence-corrected chi connectivity index (χ0v) is 11.1. The minimum atomic E-state index is -0.892. The van der Waals surface area contributed by atoms with Gasteiger partial charge in [0.2, 0.25) is 6.04 Å². The molecule has 1 N–H and O–H groups in total. The van der Waals surface area contributed by atoms with E-state index in [0.29, 0.717) is 6.54 Å². The molecule has 1 aromatic rings. The van der Waals surface area contributed by atoms with E-state index >= 15 is 0 Å². The third-order valence-electron chi connectivity index (χ3n) is 3.82. The monoisotopic (exact) mass is 264 g/mol. The van der Waals surface area contributed by atoms with Crippen molar-refractivity contribution in [2.24, 2.45) is 5.92 Å². The fraction of sp³-hybridized carbons (Fsp3) is 0.571. The van der Waals surface area contributed by atoms with Crippen molar-refractivity contribution in [3.63, 3.8) is 0 Å². The molecule has 1 aliphatic rings. The Morgan fingerprint density at radius 1 is 1.42 bits per heavy atom.